The van der Waals surface area contributed by atoms with Gasteiger partial charge in [-0.05, 0) is 45.6 Å². The molecule has 2 aromatic heterocycles. The summed E-state index contributed by atoms with van der Waals surface area (Å²) in [7, 11) is 1.90. The summed E-state index contributed by atoms with van der Waals surface area (Å²) < 4.78 is 3.64. The summed E-state index contributed by atoms with van der Waals surface area (Å²) in [6.45, 7) is 7.32. The Hall–Kier alpha value is -2.64. The number of aryl methyl sites for hydroxylation is 3. The minimum absolute atomic E-state index is 0.0569. The minimum atomic E-state index is -0.470. The van der Waals surface area contributed by atoms with Crippen LogP contribution in [0.1, 0.15) is 43.1 Å². The molecule has 146 valence electrons. The molecule has 3 rings (SSSR count). The Labute approximate surface area is 159 Å². The third-order valence-electron chi connectivity index (χ3n) is 5.31. The average Bonchev–Trinajstić information content (AvgIpc) is 3.20. The smallest absolute Gasteiger partial charge is 0.250 e. The molecule has 0 aromatic carbocycles. The molecule has 8 heteroatoms. The largest absolute Gasteiger partial charge is 0.344 e. The van der Waals surface area contributed by atoms with E-state index in [1.54, 1.807) is 15.8 Å². The van der Waals surface area contributed by atoms with E-state index in [-0.39, 0.29) is 11.8 Å². The van der Waals surface area contributed by atoms with Gasteiger partial charge in [-0.25, -0.2) is 4.68 Å². The van der Waals surface area contributed by atoms with E-state index >= 15 is 0 Å². The van der Waals surface area contributed by atoms with Gasteiger partial charge in [-0.1, -0.05) is 0 Å². The number of nitrogens with one attached hydrogen (secondary N) is 1. The Kier molecular flexibility index (Phi) is 5.62. The topological polar surface area (TPSA) is 85.1 Å². The van der Waals surface area contributed by atoms with Gasteiger partial charge in [0.25, 0.3) is 5.91 Å². The van der Waals surface area contributed by atoms with Crippen LogP contribution in [0.3, 0.4) is 0 Å². The van der Waals surface area contributed by atoms with Crippen LogP contribution in [0.2, 0.25) is 0 Å². The van der Waals surface area contributed by atoms with Crippen LogP contribution in [-0.4, -0.2) is 44.0 Å². The first-order chi connectivity index (χ1) is 12.9. The highest BCUT2D eigenvalue weighted by Crippen LogP contribution is 2.21. The number of nitrogens with zero attached hydrogens (tertiary/aromatic N) is 5. The van der Waals surface area contributed by atoms with Gasteiger partial charge in [0, 0.05) is 38.3 Å². The molecule has 2 amide bonds. The molecular formula is C19H28N6O2. The van der Waals surface area contributed by atoms with E-state index in [0.717, 1.165) is 29.2 Å². The van der Waals surface area contributed by atoms with Crippen molar-refractivity contribution in [3.05, 3.63) is 29.2 Å². The fourth-order valence-electron chi connectivity index (χ4n) is 3.72. The van der Waals surface area contributed by atoms with Crippen LogP contribution in [0.5, 0.6) is 0 Å². The van der Waals surface area contributed by atoms with Crippen LogP contribution < -0.4 is 10.2 Å². The number of anilines is 1. The van der Waals surface area contributed by atoms with E-state index in [1.807, 2.05) is 38.6 Å². The van der Waals surface area contributed by atoms with Crippen molar-refractivity contribution >= 4 is 17.6 Å². The highest BCUT2D eigenvalue weighted by atomic mass is 16.2. The van der Waals surface area contributed by atoms with Gasteiger partial charge in [0.15, 0.2) is 0 Å². The number of hydrogen-bond donors (Lipinski definition) is 1. The quantitative estimate of drug-likeness (QED) is 0.833. The number of rotatable bonds is 6. The molecule has 0 radical (unpaired) electrons. The molecule has 1 saturated heterocycles. The summed E-state index contributed by atoms with van der Waals surface area (Å²) in [4.78, 5) is 27.1. The molecule has 1 fully saturated rings. The molecular weight excluding hydrogens is 344 g/mol. The zero-order valence-corrected chi connectivity index (χ0v) is 16.5. The maximum Gasteiger partial charge on any atom is 0.250 e. The second-order valence-electron chi connectivity index (χ2n) is 7.03. The predicted molar refractivity (Wildman–Crippen MR) is 102 cm³/mol. The predicted octanol–water partition coefficient (Wildman–Crippen LogP) is 1.50. The number of aromatic nitrogens is 4. The second-order valence-corrected chi connectivity index (χ2v) is 7.03. The summed E-state index contributed by atoms with van der Waals surface area (Å²) >= 11 is 0. The van der Waals surface area contributed by atoms with Crippen molar-refractivity contribution in [2.75, 3.05) is 11.4 Å². The fourth-order valence-corrected chi connectivity index (χ4v) is 3.72. The number of carbonyl (C=O) groups excluding carboxylic acids is 2. The summed E-state index contributed by atoms with van der Waals surface area (Å²) in [5, 5.41) is 11.6. The van der Waals surface area contributed by atoms with E-state index < -0.39 is 6.04 Å². The lowest BCUT2D eigenvalue weighted by molar-refractivity contribution is -0.128. The Balaban J connectivity index is 1.61. The van der Waals surface area contributed by atoms with Crippen LogP contribution in [0, 0.1) is 13.8 Å². The van der Waals surface area contributed by atoms with Gasteiger partial charge >= 0.3 is 0 Å². The Morgan fingerprint density at radius 3 is 2.81 bits per heavy atom. The van der Waals surface area contributed by atoms with Crippen molar-refractivity contribution in [1.29, 1.82) is 0 Å². The minimum Gasteiger partial charge on any atom is -0.344 e. The highest BCUT2D eigenvalue weighted by Gasteiger charge is 2.32. The molecule has 2 aromatic rings. The van der Waals surface area contributed by atoms with Crippen LogP contribution >= 0.6 is 0 Å². The number of piperidine rings is 1. The molecule has 0 aliphatic carbocycles. The van der Waals surface area contributed by atoms with Gasteiger partial charge < -0.3 is 5.32 Å². The van der Waals surface area contributed by atoms with Crippen LogP contribution in [0.25, 0.3) is 0 Å². The van der Waals surface area contributed by atoms with E-state index in [4.69, 9.17) is 0 Å². The van der Waals surface area contributed by atoms with E-state index in [0.29, 0.717) is 32.4 Å². The molecule has 1 aliphatic rings. The lowest BCUT2D eigenvalue weighted by Gasteiger charge is -2.32. The standard InChI is InChI=1S/C19H28N6O2/c1-5-25-18(10-11-20-25)24-12-6-7-16(19(24)27)21-17(26)9-8-15-13(2)22-23(4)14(15)3/h10-11,16H,5-9,12H2,1-4H3,(H,21,26)/t16-/m0/s1. The van der Waals surface area contributed by atoms with E-state index in [9.17, 15) is 9.59 Å². The Bertz CT molecular complexity index is 837. The second kappa shape index (κ2) is 7.94. The normalized spacial score (nSPS) is 17.4. The van der Waals surface area contributed by atoms with Crippen molar-refractivity contribution < 1.29 is 9.59 Å². The molecule has 0 saturated carbocycles. The van der Waals surface area contributed by atoms with Crippen molar-refractivity contribution in [3.8, 4) is 0 Å². The van der Waals surface area contributed by atoms with Gasteiger partial charge in [0.05, 0.1) is 11.9 Å². The molecule has 0 bridgehead atoms. The zero-order valence-electron chi connectivity index (χ0n) is 16.5. The van der Waals surface area contributed by atoms with Crippen molar-refractivity contribution in [2.24, 2.45) is 7.05 Å². The van der Waals surface area contributed by atoms with Crippen LogP contribution in [-0.2, 0) is 29.6 Å². The van der Waals surface area contributed by atoms with Gasteiger partial charge in [0.2, 0.25) is 5.91 Å². The molecule has 0 spiro atoms. The maximum absolute atomic E-state index is 12.9. The van der Waals surface area contributed by atoms with Crippen LogP contribution in [0.4, 0.5) is 5.82 Å². The molecule has 27 heavy (non-hydrogen) atoms. The first kappa shape index (κ1) is 19.1. The fraction of sp³-hybridized carbons (Fsp3) is 0.579. The van der Waals surface area contributed by atoms with Crippen molar-refractivity contribution in [2.45, 2.75) is 59.0 Å². The molecule has 1 N–H and O–H groups in total. The van der Waals surface area contributed by atoms with Gasteiger partial charge in [-0.15, -0.1) is 0 Å². The Morgan fingerprint density at radius 2 is 2.15 bits per heavy atom. The van der Waals surface area contributed by atoms with Gasteiger partial charge in [0.1, 0.15) is 11.9 Å². The van der Waals surface area contributed by atoms with Crippen LogP contribution in [0.15, 0.2) is 12.3 Å². The first-order valence-electron chi connectivity index (χ1n) is 9.54. The zero-order chi connectivity index (χ0) is 19.6. The lowest BCUT2D eigenvalue weighted by atomic mass is 10.0. The average molecular weight is 372 g/mol. The molecule has 0 unspecified atom stereocenters. The molecule has 8 nitrogen and oxygen atoms in total. The number of carbonyl (C=O) groups is 2. The molecule has 3 heterocycles. The van der Waals surface area contributed by atoms with E-state index in [2.05, 4.69) is 15.5 Å². The number of hydrogen-bond acceptors (Lipinski definition) is 4. The van der Waals surface area contributed by atoms with Crippen molar-refractivity contribution in [1.82, 2.24) is 24.9 Å². The third kappa shape index (κ3) is 3.89. The number of amides is 2. The third-order valence-corrected chi connectivity index (χ3v) is 5.31. The molecule has 1 atom stereocenters. The summed E-state index contributed by atoms with van der Waals surface area (Å²) in [6, 6.07) is 1.38. The monoisotopic (exact) mass is 372 g/mol. The Morgan fingerprint density at radius 1 is 1.37 bits per heavy atom. The summed E-state index contributed by atoms with van der Waals surface area (Å²) in [5.74, 6) is 0.642. The maximum atomic E-state index is 12.9. The van der Waals surface area contributed by atoms with Gasteiger partial charge in [-0.3, -0.25) is 19.2 Å². The van der Waals surface area contributed by atoms with Crippen molar-refractivity contribution in [3.63, 3.8) is 0 Å². The molecule has 1 aliphatic heterocycles. The SMILES string of the molecule is CCn1nccc1N1CCC[C@H](NC(=O)CCc2c(C)nn(C)c2C)C1=O. The van der Waals surface area contributed by atoms with E-state index in [1.165, 1.54) is 0 Å². The summed E-state index contributed by atoms with van der Waals surface area (Å²) in [5.41, 5.74) is 3.14. The lowest BCUT2D eigenvalue weighted by Crippen LogP contribution is -2.53. The summed E-state index contributed by atoms with van der Waals surface area (Å²) in [6.07, 6.45) is 4.21. The first-order valence-corrected chi connectivity index (χ1v) is 9.54. The van der Waals surface area contributed by atoms with Gasteiger partial charge in [-0.2, -0.15) is 10.2 Å². The highest BCUT2D eigenvalue weighted by molar-refractivity contribution is 5.99.